The molecule has 1 atom stereocenters. The first-order valence-corrected chi connectivity index (χ1v) is 9.85. The Labute approximate surface area is 160 Å². The molecule has 2 aliphatic heterocycles. The molecule has 2 aromatic rings. The number of amides is 2. The number of para-hydroxylation sites is 1. The number of benzene rings is 2. The highest BCUT2D eigenvalue weighted by atomic mass is 16.5. The third kappa shape index (κ3) is 4.42. The number of carbonyl (C=O) groups is 1. The zero-order chi connectivity index (χ0) is 18.5. The van der Waals surface area contributed by atoms with Crippen LogP contribution in [0.5, 0.6) is 5.75 Å². The van der Waals surface area contributed by atoms with Gasteiger partial charge in [0.05, 0.1) is 12.6 Å². The van der Waals surface area contributed by atoms with Gasteiger partial charge in [-0.1, -0.05) is 42.5 Å². The molecule has 2 amide bonds. The fourth-order valence-electron chi connectivity index (χ4n) is 3.95. The lowest BCUT2D eigenvalue weighted by Gasteiger charge is -2.29. The van der Waals surface area contributed by atoms with E-state index in [2.05, 4.69) is 39.8 Å². The number of rotatable bonds is 5. The lowest BCUT2D eigenvalue weighted by atomic mass is 10.00. The molecular formula is C22H27N3O2. The number of urea groups is 1. The van der Waals surface area contributed by atoms with Gasteiger partial charge >= 0.3 is 6.03 Å². The molecule has 0 fully saturated rings. The molecule has 27 heavy (non-hydrogen) atoms. The van der Waals surface area contributed by atoms with Crippen LogP contribution in [-0.4, -0.2) is 37.2 Å². The van der Waals surface area contributed by atoms with Gasteiger partial charge in [-0.2, -0.15) is 0 Å². The number of fused-ring (bicyclic) bond motifs is 2. The predicted molar refractivity (Wildman–Crippen MR) is 106 cm³/mol. The van der Waals surface area contributed by atoms with Crippen molar-refractivity contribution in [2.75, 3.05) is 26.2 Å². The first-order valence-electron chi connectivity index (χ1n) is 9.85. The minimum atomic E-state index is -0.0966. The fraction of sp³-hybridized carbons (Fsp3) is 0.409. The molecule has 0 radical (unpaired) electrons. The maximum absolute atomic E-state index is 12.3. The number of hydrogen-bond acceptors (Lipinski definition) is 3. The summed E-state index contributed by atoms with van der Waals surface area (Å²) in [4.78, 5) is 14.7. The SMILES string of the molecule is O=C(NCCCN1CCc2ccccc2C1)NC1CCOc2ccccc21. The smallest absolute Gasteiger partial charge is 0.315 e. The van der Waals surface area contributed by atoms with E-state index >= 15 is 0 Å². The molecule has 0 saturated heterocycles. The molecule has 0 saturated carbocycles. The second-order valence-electron chi connectivity index (χ2n) is 7.28. The molecule has 1 unspecified atom stereocenters. The van der Waals surface area contributed by atoms with Crippen LogP contribution in [0, 0.1) is 0 Å². The first kappa shape index (κ1) is 17.9. The fourth-order valence-corrected chi connectivity index (χ4v) is 3.95. The number of nitrogens with zero attached hydrogens (tertiary/aromatic N) is 1. The quantitative estimate of drug-likeness (QED) is 0.800. The summed E-state index contributed by atoms with van der Waals surface area (Å²) in [7, 11) is 0. The van der Waals surface area contributed by atoms with Crippen molar-refractivity contribution in [1.82, 2.24) is 15.5 Å². The predicted octanol–water partition coefficient (Wildman–Crippen LogP) is 3.26. The van der Waals surface area contributed by atoms with Crippen molar-refractivity contribution >= 4 is 6.03 Å². The average molecular weight is 365 g/mol. The molecule has 2 N–H and O–H groups in total. The number of nitrogens with one attached hydrogen (secondary N) is 2. The monoisotopic (exact) mass is 365 g/mol. The van der Waals surface area contributed by atoms with Crippen LogP contribution >= 0.6 is 0 Å². The summed E-state index contributed by atoms with van der Waals surface area (Å²) in [5, 5.41) is 6.08. The van der Waals surface area contributed by atoms with E-state index in [-0.39, 0.29) is 12.1 Å². The Morgan fingerprint density at radius 2 is 1.93 bits per heavy atom. The molecule has 2 heterocycles. The summed E-state index contributed by atoms with van der Waals surface area (Å²) >= 11 is 0. The molecule has 0 aromatic heterocycles. The van der Waals surface area contributed by atoms with Crippen LogP contribution in [0.25, 0.3) is 0 Å². The van der Waals surface area contributed by atoms with Crippen molar-refractivity contribution < 1.29 is 9.53 Å². The molecule has 4 rings (SSSR count). The van der Waals surface area contributed by atoms with Crippen LogP contribution in [0.3, 0.4) is 0 Å². The number of ether oxygens (including phenoxy) is 1. The van der Waals surface area contributed by atoms with E-state index < -0.39 is 0 Å². The molecular weight excluding hydrogens is 338 g/mol. The summed E-state index contributed by atoms with van der Waals surface area (Å²) in [6, 6.07) is 16.5. The molecule has 5 heteroatoms. The largest absolute Gasteiger partial charge is 0.493 e. The van der Waals surface area contributed by atoms with Gasteiger partial charge in [0.1, 0.15) is 5.75 Å². The Bertz CT molecular complexity index is 793. The summed E-state index contributed by atoms with van der Waals surface area (Å²) in [6.07, 6.45) is 2.88. The molecule has 142 valence electrons. The Morgan fingerprint density at radius 3 is 2.85 bits per heavy atom. The van der Waals surface area contributed by atoms with Crippen molar-refractivity contribution in [2.24, 2.45) is 0 Å². The molecule has 0 aliphatic carbocycles. The van der Waals surface area contributed by atoms with Gasteiger partial charge in [0, 0.05) is 38.2 Å². The van der Waals surface area contributed by atoms with Crippen LogP contribution in [0.4, 0.5) is 4.79 Å². The highest BCUT2D eigenvalue weighted by molar-refractivity contribution is 5.74. The van der Waals surface area contributed by atoms with E-state index in [4.69, 9.17) is 4.74 Å². The summed E-state index contributed by atoms with van der Waals surface area (Å²) in [5.74, 6) is 0.874. The van der Waals surface area contributed by atoms with E-state index in [1.165, 1.54) is 11.1 Å². The van der Waals surface area contributed by atoms with Gasteiger partial charge in [0.15, 0.2) is 0 Å². The Balaban J connectivity index is 1.19. The average Bonchev–Trinajstić information content (AvgIpc) is 2.71. The van der Waals surface area contributed by atoms with Crippen LogP contribution in [0.1, 0.15) is 35.6 Å². The standard InChI is InChI=1S/C22H27N3O2/c26-22(24-20-11-15-27-21-9-4-3-8-19(20)21)23-12-5-13-25-14-10-17-6-1-2-7-18(17)16-25/h1-4,6-9,20H,5,10-16H2,(H2,23,24,26). The highest BCUT2D eigenvalue weighted by Crippen LogP contribution is 2.31. The Morgan fingerprint density at radius 1 is 1.11 bits per heavy atom. The Hall–Kier alpha value is -2.53. The van der Waals surface area contributed by atoms with Gasteiger partial charge in [-0.25, -0.2) is 4.79 Å². The van der Waals surface area contributed by atoms with Gasteiger partial charge in [0.25, 0.3) is 0 Å². The van der Waals surface area contributed by atoms with Crippen LogP contribution in [0.2, 0.25) is 0 Å². The lowest BCUT2D eigenvalue weighted by Crippen LogP contribution is -2.41. The lowest BCUT2D eigenvalue weighted by molar-refractivity contribution is 0.221. The van der Waals surface area contributed by atoms with Crippen molar-refractivity contribution in [3.63, 3.8) is 0 Å². The zero-order valence-electron chi connectivity index (χ0n) is 15.6. The van der Waals surface area contributed by atoms with Crippen LogP contribution < -0.4 is 15.4 Å². The van der Waals surface area contributed by atoms with E-state index in [1.54, 1.807) is 0 Å². The van der Waals surface area contributed by atoms with Crippen molar-refractivity contribution in [3.05, 3.63) is 65.2 Å². The van der Waals surface area contributed by atoms with E-state index in [9.17, 15) is 4.79 Å². The van der Waals surface area contributed by atoms with Gasteiger partial charge in [-0.05, 0) is 30.0 Å². The second-order valence-corrected chi connectivity index (χ2v) is 7.28. The Kier molecular flexibility index (Phi) is 5.58. The van der Waals surface area contributed by atoms with Crippen molar-refractivity contribution in [1.29, 1.82) is 0 Å². The number of carbonyl (C=O) groups excluding carboxylic acids is 1. The molecule has 2 aromatic carbocycles. The second kappa shape index (κ2) is 8.44. The third-order valence-electron chi connectivity index (χ3n) is 5.41. The topological polar surface area (TPSA) is 53.6 Å². The number of hydrogen-bond donors (Lipinski definition) is 2. The minimum absolute atomic E-state index is 0.0218. The molecule has 0 bridgehead atoms. The van der Waals surface area contributed by atoms with Crippen molar-refractivity contribution in [2.45, 2.75) is 31.8 Å². The molecule has 2 aliphatic rings. The zero-order valence-corrected chi connectivity index (χ0v) is 15.6. The third-order valence-corrected chi connectivity index (χ3v) is 5.41. The van der Waals surface area contributed by atoms with Crippen LogP contribution in [-0.2, 0) is 13.0 Å². The molecule has 5 nitrogen and oxygen atoms in total. The van der Waals surface area contributed by atoms with E-state index in [1.807, 2.05) is 24.3 Å². The normalized spacial score (nSPS) is 18.7. The first-order chi connectivity index (χ1) is 13.3. The summed E-state index contributed by atoms with van der Waals surface area (Å²) in [5.41, 5.74) is 3.97. The highest BCUT2D eigenvalue weighted by Gasteiger charge is 2.22. The van der Waals surface area contributed by atoms with Gasteiger partial charge < -0.3 is 15.4 Å². The van der Waals surface area contributed by atoms with E-state index in [0.717, 1.165) is 50.2 Å². The van der Waals surface area contributed by atoms with Gasteiger partial charge in [-0.15, -0.1) is 0 Å². The van der Waals surface area contributed by atoms with E-state index in [0.29, 0.717) is 13.2 Å². The maximum atomic E-state index is 12.3. The maximum Gasteiger partial charge on any atom is 0.315 e. The van der Waals surface area contributed by atoms with Crippen LogP contribution in [0.15, 0.2) is 48.5 Å². The van der Waals surface area contributed by atoms with Gasteiger partial charge in [0.2, 0.25) is 0 Å². The van der Waals surface area contributed by atoms with Gasteiger partial charge in [-0.3, -0.25) is 4.90 Å². The minimum Gasteiger partial charge on any atom is -0.493 e. The molecule has 0 spiro atoms. The van der Waals surface area contributed by atoms with Crippen molar-refractivity contribution in [3.8, 4) is 5.75 Å². The summed E-state index contributed by atoms with van der Waals surface area (Å²) in [6.45, 7) is 4.45. The summed E-state index contributed by atoms with van der Waals surface area (Å²) < 4.78 is 5.65.